The van der Waals surface area contributed by atoms with Crippen LogP contribution in [0.4, 0.5) is 4.39 Å². The number of amides is 1. The largest absolute Gasteiger partial charge is 0.339 e. The van der Waals surface area contributed by atoms with Gasteiger partial charge in [-0.15, -0.1) is 0 Å². The fraction of sp³-hybridized carbons (Fsp3) is 0.333. The maximum Gasteiger partial charge on any atom is 0.254 e. The maximum absolute atomic E-state index is 13.5. The number of pyridine rings is 1. The zero-order valence-corrected chi connectivity index (χ0v) is 16.3. The first-order chi connectivity index (χ1) is 14.1. The lowest BCUT2D eigenvalue weighted by Gasteiger charge is -2.39. The summed E-state index contributed by atoms with van der Waals surface area (Å²) in [7, 11) is 0. The van der Waals surface area contributed by atoms with Crippen molar-refractivity contribution in [2.75, 3.05) is 26.2 Å². The van der Waals surface area contributed by atoms with E-state index in [2.05, 4.69) is 5.32 Å². The van der Waals surface area contributed by atoms with E-state index in [1.54, 1.807) is 12.1 Å². The molecule has 0 radical (unpaired) electrons. The fourth-order valence-electron chi connectivity index (χ4n) is 4.70. The second kappa shape index (κ2) is 7.23. The van der Waals surface area contributed by atoms with Crippen LogP contribution in [0, 0.1) is 11.2 Å². The van der Waals surface area contributed by atoms with Gasteiger partial charge in [-0.3, -0.25) is 4.79 Å². The Labute approximate surface area is 169 Å². The lowest BCUT2D eigenvalue weighted by Crippen LogP contribution is -2.44. The summed E-state index contributed by atoms with van der Waals surface area (Å²) in [6.45, 7) is 3.75. The van der Waals surface area contributed by atoms with Crippen LogP contribution in [0.2, 0.25) is 0 Å². The van der Waals surface area contributed by atoms with Gasteiger partial charge in [0.05, 0.1) is 16.8 Å². The third kappa shape index (κ3) is 3.40. The van der Waals surface area contributed by atoms with Crippen LogP contribution >= 0.6 is 0 Å². The van der Waals surface area contributed by atoms with Crippen LogP contribution in [-0.2, 0) is 0 Å². The molecule has 1 N–H and O–H groups in total. The molecule has 2 aliphatic heterocycles. The van der Waals surface area contributed by atoms with Gasteiger partial charge in [0.15, 0.2) is 0 Å². The zero-order valence-electron chi connectivity index (χ0n) is 16.3. The van der Waals surface area contributed by atoms with Gasteiger partial charge in [-0.1, -0.05) is 18.2 Å². The second-order valence-electron chi connectivity index (χ2n) is 8.30. The van der Waals surface area contributed by atoms with E-state index >= 15 is 0 Å². The minimum Gasteiger partial charge on any atom is -0.339 e. The molecule has 1 spiro atoms. The van der Waals surface area contributed by atoms with Gasteiger partial charge in [-0.25, -0.2) is 9.37 Å². The SMILES string of the molecule is O=C(c1cc(-c2ccc(F)cc2)nc2ccccc12)N1CCC2(CCNC2)CC1. The van der Waals surface area contributed by atoms with Crippen LogP contribution in [0.5, 0.6) is 0 Å². The maximum atomic E-state index is 13.5. The predicted octanol–water partition coefficient (Wildman–Crippen LogP) is 4.26. The van der Waals surface area contributed by atoms with E-state index in [1.165, 1.54) is 18.6 Å². The van der Waals surface area contributed by atoms with Crippen molar-refractivity contribution in [3.05, 3.63) is 66.0 Å². The lowest BCUT2D eigenvalue weighted by atomic mass is 9.77. The molecule has 2 aromatic carbocycles. The Morgan fingerprint density at radius 1 is 1.03 bits per heavy atom. The number of piperidine rings is 1. The summed E-state index contributed by atoms with van der Waals surface area (Å²) in [4.78, 5) is 20.2. The Morgan fingerprint density at radius 3 is 2.52 bits per heavy atom. The molecule has 0 atom stereocenters. The minimum atomic E-state index is -0.283. The Morgan fingerprint density at radius 2 is 1.79 bits per heavy atom. The average molecular weight is 389 g/mol. The Hall–Kier alpha value is -2.79. The normalized spacial score (nSPS) is 18.4. The molecule has 148 valence electrons. The number of carbonyl (C=O) groups excluding carboxylic acids is 1. The monoisotopic (exact) mass is 389 g/mol. The summed E-state index contributed by atoms with van der Waals surface area (Å²) in [5, 5.41) is 4.34. The summed E-state index contributed by atoms with van der Waals surface area (Å²) in [6, 6.07) is 15.9. The van der Waals surface area contributed by atoms with E-state index in [9.17, 15) is 9.18 Å². The third-order valence-corrected chi connectivity index (χ3v) is 6.53. The van der Waals surface area contributed by atoms with Crippen LogP contribution in [0.3, 0.4) is 0 Å². The van der Waals surface area contributed by atoms with Crippen molar-refractivity contribution < 1.29 is 9.18 Å². The number of likely N-dealkylation sites (tertiary alicyclic amines) is 1. The number of hydrogen-bond donors (Lipinski definition) is 1. The van der Waals surface area contributed by atoms with Gasteiger partial charge >= 0.3 is 0 Å². The number of nitrogens with one attached hydrogen (secondary N) is 1. The van der Waals surface area contributed by atoms with Gasteiger partial charge in [0.25, 0.3) is 5.91 Å². The van der Waals surface area contributed by atoms with Crippen molar-refractivity contribution in [1.82, 2.24) is 15.2 Å². The fourth-order valence-corrected chi connectivity index (χ4v) is 4.70. The molecule has 1 aromatic heterocycles. The van der Waals surface area contributed by atoms with Gasteiger partial charge in [-0.05, 0) is 67.6 Å². The molecule has 0 bridgehead atoms. The van der Waals surface area contributed by atoms with E-state index in [-0.39, 0.29) is 11.7 Å². The molecule has 0 saturated carbocycles. The first-order valence-electron chi connectivity index (χ1n) is 10.3. The molecule has 3 heterocycles. The highest BCUT2D eigenvalue weighted by molar-refractivity contribution is 6.07. The van der Waals surface area contributed by atoms with Crippen molar-refractivity contribution >= 4 is 16.8 Å². The van der Waals surface area contributed by atoms with Crippen molar-refractivity contribution in [3.63, 3.8) is 0 Å². The molecule has 5 heteroatoms. The molecule has 3 aromatic rings. The van der Waals surface area contributed by atoms with E-state index in [4.69, 9.17) is 4.98 Å². The minimum absolute atomic E-state index is 0.0627. The number of fused-ring (bicyclic) bond motifs is 1. The third-order valence-electron chi connectivity index (χ3n) is 6.53. The molecule has 5 rings (SSSR count). The van der Waals surface area contributed by atoms with Crippen molar-refractivity contribution in [2.45, 2.75) is 19.3 Å². The van der Waals surface area contributed by atoms with Gasteiger partial charge in [0.2, 0.25) is 0 Å². The number of hydrogen-bond acceptors (Lipinski definition) is 3. The number of carbonyl (C=O) groups is 1. The van der Waals surface area contributed by atoms with Crippen molar-refractivity contribution in [2.24, 2.45) is 5.41 Å². The molecular formula is C24H24FN3O. The Balaban J connectivity index is 1.50. The first-order valence-corrected chi connectivity index (χ1v) is 10.3. The van der Waals surface area contributed by atoms with E-state index in [1.807, 2.05) is 35.2 Å². The summed E-state index contributed by atoms with van der Waals surface area (Å²) < 4.78 is 13.3. The average Bonchev–Trinajstić information content (AvgIpc) is 3.21. The Kier molecular flexibility index (Phi) is 4.55. The molecule has 2 fully saturated rings. The molecule has 4 nitrogen and oxygen atoms in total. The van der Waals surface area contributed by atoms with Crippen LogP contribution in [0.1, 0.15) is 29.6 Å². The number of rotatable bonds is 2. The van der Waals surface area contributed by atoms with Crippen LogP contribution < -0.4 is 5.32 Å². The van der Waals surface area contributed by atoms with Gasteiger partial charge in [0, 0.05) is 30.6 Å². The van der Waals surface area contributed by atoms with Crippen molar-refractivity contribution in [1.29, 1.82) is 0 Å². The molecule has 2 saturated heterocycles. The Bertz CT molecular complexity index is 1050. The van der Waals surface area contributed by atoms with E-state index in [0.717, 1.165) is 55.5 Å². The molecule has 0 unspecified atom stereocenters. The van der Waals surface area contributed by atoms with Gasteiger partial charge in [0.1, 0.15) is 5.82 Å². The van der Waals surface area contributed by atoms with Crippen molar-refractivity contribution in [3.8, 4) is 11.3 Å². The number of aromatic nitrogens is 1. The summed E-state index contributed by atoms with van der Waals surface area (Å²) in [5.74, 6) is -0.220. The number of nitrogens with zero attached hydrogens (tertiary/aromatic N) is 2. The van der Waals surface area contributed by atoms with Crippen LogP contribution in [0.15, 0.2) is 54.6 Å². The van der Waals surface area contributed by atoms with Gasteiger partial charge in [-0.2, -0.15) is 0 Å². The summed E-state index contributed by atoms with van der Waals surface area (Å²) in [5.41, 5.74) is 3.33. The second-order valence-corrected chi connectivity index (χ2v) is 8.30. The standard InChI is InChI=1S/C24H24FN3O/c25-18-7-5-17(6-8-18)22-15-20(19-3-1-2-4-21(19)27-22)23(29)28-13-10-24(11-14-28)9-12-26-16-24/h1-8,15,26H,9-14,16H2. The van der Waals surface area contributed by atoms with Gasteiger partial charge < -0.3 is 10.2 Å². The molecule has 2 aliphatic rings. The highest BCUT2D eigenvalue weighted by atomic mass is 19.1. The number of halogens is 1. The summed E-state index contributed by atoms with van der Waals surface area (Å²) in [6.07, 6.45) is 3.32. The lowest BCUT2D eigenvalue weighted by molar-refractivity contribution is 0.0609. The van der Waals surface area contributed by atoms with Crippen LogP contribution in [0.25, 0.3) is 22.2 Å². The number of para-hydroxylation sites is 1. The van der Waals surface area contributed by atoms with Crippen LogP contribution in [-0.4, -0.2) is 42.0 Å². The zero-order chi connectivity index (χ0) is 19.8. The number of benzene rings is 2. The first kappa shape index (κ1) is 18.3. The van der Waals surface area contributed by atoms with E-state index < -0.39 is 0 Å². The quantitative estimate of drug-likeness (QED) is 0.712. The molecule has 0 aliphatic carbocycles. The molecule has 29 heavy (non-hydrogen) atoms. The smallest absolute Gasteiger partial charge is 0.254 e. The predicted molar refractivity (Wildman–Crippen MR) is 112 cm³/mol. The topological polar surface area (TPSA) is 45.2 Å². The summed E-state index contributed by atoms with van der Waals surface area (Å²) >= 11 is 0. The highest BCUT2D eigenvalue weighted by Crippen LogP contribution is 2.37. The molecular weight excluding hydrogens is 365 g/mol. The van der Waals surface area contributed by atoms with E-state index in [0.29, 0.717) is 16.7 Å². The molecule has 1 amide bonds. The highest BCUT2D eigenvalue weighted by Gasteiger charge is 2.38.